The second kappa shape index (κ2) is 12.1. The molecule has 0 saturated carbocycles. The lowest BCUT2D eigenvalue weighted by Crippen LogP contribution is -2.53. The number of urea groups is 1. The largest absolute Gasteiger partial charge is 0.494 e. The highest BCUT2D eigenvalue weighted by molar-refractivity contribution is 5.76. The minimum absolute atomic E-state index is 0.0336. The zero-order valence-electron chi connectivity index (χ0n) is 21.9. The third-order valence-electron chi connectivity index (χ3n) is 5.93. The Hall–Kier alpha value is -3.85. The summed E-state index contributed by atoms with van der Waals surface area (Å²) in [7, 11) is 2.60. The number of alkyl halides is 7. The molecule has 3 aromatic rings. The predicted molar refractivity (Wildman–Crippen MR) is 129 cm³/mol. The Balaban J connectivity index is 2.10. The first kappa shape index (κ1) is 30.7. The zero-order chi connectivity index (χ0) is 29.8. The molecule has 0 aromatic carbocycles. The van der Waals surface area contributed by atoms with Gasteiger partial charge in [-0.1, -0.05) is 0 Å². The number of aromatic nitrogens is 4. The highest BCUT2D eigenvalue weighted by atomic mass is 19.4. The highest BCUT2D eigenvalue weighted by Crippen LogP contribution is 2.40. The minimum atomic E-state index is -5.14. The SMILES string of the molecule is CCN(C(=O)NC(CCCF)C(F)(F)F)C(c1cc(-c2cn3cc(C)nc3c(OC)n2)c(OC)cn1)C(F)(F)F. The van der Waals surface area contributed by atoms with Crippen molar-refractivity contribution in [2.75, 3.05) is 27.4 Å². The van der Waals surface area contributed by atoms with Crippen LogP contribution in [-0.2, 0) is 0 Å². The van der Waals surface area contributed by atoms with E-state index in [2.05, 4.69) is 15.0 Å². The Morgan fingerprint density at radius 2 is 1.80 bits per heavy atom. The van der Waals surface area contributed by atoms with Crippen LogP contribution in [0.5, 0.6) is 11.6 Å². The summed E-state index contributed by atoms with van der Waals surface area (Å²) in [5, 5.41) is 1.58. The van der Waals surface area contributed by atoms with Crippen molar-refractivity contribution in [3.63, 3.8) is 0 Å². The van der Waals surface area contributed by atoms with E-state index in [1.54, 1.807) is 22.8 Å². The molecule has 0 radical (unpaired) electrons. The molecule has 0 fully saturated rings. The summed E-state index contributed by atoms with van der Waals surface area (Å²) in [6, 6.07) is -5.92. The fourth-order valence-electron chi connectivity index (χ4n) is 4.11. The topological polar surface area (TPSA) is 93.9 Å². The van der Waals surface area contributed by atoms with Gasteiger partial charge in [-0.05, 0) is 32.8 Å². The second-order valence-corrected chi connectivity index (χ2v) is 8.66. The van der Waals surface area contributed by atoms with Crippen molar-refractivity contribution in [1.82, 2.24) is 29.6 Å². The van der Waals surface area contributed by atoms with E-state index < -0.39 is 62.2 Å². The Labute approximate surface area is 224 Å². The molecule has 40 heavy (non-hydrogen) atoms. The average molecular weight is 581 g/mol. The molecule has 16 heteroatoms. The first-order chi connectivity index (χ1) is 18.7. The number of aryl methyl sites for hydroxylation is 1. The van der Waals surface area contributed by atoms with Crippen molar-refractivity contribution in [3.05, 3.63) is 36.0 Å². The lowest BCUT2D eigenvalue weighted by molar-refractivity contribution is -0.180. The first-order valence-electron chi connectivity index (χ1n) is 12.0. The summed E-state index contributed by atoms with van der Waals surface area (Å²) < 4.78 is 108. The predicted octanol–water partition coefficient (Wildman–Crippen LogP) is 5.43. The van der Waals surface area contributed by atoms with Crippen LogP contribution in [0.25, 0.3) is 16.9 Å². The van der Waals surface area contributed by atoms with E-state index in [0.29, 0.717) is 11.3 Å². The number of amides is 2. The number of pyridine rings is 1. The number of halogens is 7. The molecule has 0 aliphatic carbocycles. The van der Waals surface area contributed by atoms with Gasteiger partial charge in [0.25, 0.3) is 5.88 Å². The highest BCUT2D eigenvalue weighted by Gasteiger charge is 2.49. The third kappa shape index (κ3) is 6.65. The van der Waals surface area contributed by atoms with Gasteiger partial charge in [0, 0.05) is 24.5 Å². The number of carbonyl (C=O) groups is 1. The van der Waals surface area contributed by atoms with Gasteiger partial charge in [0.05, 0.1) is 44.2 Å². The number of methoxy groups -OCH3 is 2. The zero-order valence-corrected chi connectivity index (χ0v) is 21.9. The molecule has 2 amide bonds. The third-order valence-corrected chi connectivity index (χ3v) is 5.93. The number of nitrogens with zero attached hydrogens (tertiary/aromatic N) is 5. The van der Waals surface area contributed by atoms with Crippen LogP contribution in [0.1, 0.15) is 37.2 Å². The fraction of sp³-hybridized carbons (Fsp3) is 0.500. The van der Waals surface area contributed by atoms with E-state index in [1.807, 2.05) is 0 Å². The van der Waals surface area contributed by atoms with Crippen molar-refractivity contribution in [2.45, 2.75) is 51.1 Å². The summed E-state index contributed by atoms with van der Waals surface area (Å²) in [6.07, 6.45) is -7.42. The summed E-state index contributed by atoms with van der Waals surface area (Å²) in [6.45, 7) is 1.18. The van der Waals surface area contributed by atoms with Gasteiger partial charge in [-0.2, -0.15) is 26.3 Å². The monoisotopic (exact) mass is 580 g/mol. The molecule has 220 valence electrons. The summed E-state index contributed by atoms with van der Waals surface area (Å²) in [5.41, 5.74) is 0.422. The van der Waals surface area contributed by atoms with Crippen molar-refractivity contribution < 1.29 is 45.0 Å². The van der Waals surface area contributed by atoms with Crippen LogP contribution >= 0.6 is 0 Å². The molecule has 0 aliphatic rings. The summed E-state index contributed by atoms with van der Waals surface area (Å²) in [4.78, 5) is 25.4. The van der Waals surface area contributed by atoms with Gasteiger partial charge in [0.1, 0.15) is 11.8 Å². The molecule has 3 aromatic heterocycles. The van der Waals surface area contributed by atoms with E-state index >= 15 is 0 Å². The number of imidazole rings is 1. The van der Waals surface area contributed by atoms with Crippen LogP contribution in [0.2, 0.25) is 0 Å². The summed E-state index contributed by atoms with van der Waals surface area (Å²) in [5.74, 6) is 0.102. The van der Waals surface area contributed by atoms with Crippen LogP contribution < -0.4 is 14.8 Å². The lowest BCUT2D eigenvalue weighted by atomic mass is 10.1. The molecule has 2 unspecified atom stereocenters. The Morgan fingerprint density at radius 3 is 2.35 bits per heavy atom. The molecular formula is C24H27F7N6O3. The number of fused-ring (bicyclic) bond motifs is 1. The van der Waals surface area contributed by atoms with Crippen molar-refractivity contribution in [1.29, 1.82) is 0 Å². The summed E-state index contributed by atoms with van der Waals surface area (Å²) >= 11 is 0. The number of hydrogen-bond donors (Lipinski definition) is 1. The van der Waals surface area contributed by atoms with Crippen LogP contribution in [0.4, 0.5) is 35.5 Å². The Morgan fingerprint density at radius 1 is 1.10 bits per heavy atom. The maximum Gasteiger partial charge on any atom is 0.414 e. The number of hydrogen-bond acceptors (Lipinski definition) is 6. The first-order valence-corrected chi connectivity index (χ1v) is 12.0. The molecule has 3 heterocycles. The fourth-order valence-corrected chi connectivity index (χ4v) is 4.11. The number of carbonyl (C=O) groups excluding carboxylic acids is 1. The van der Waals surface area contributed by atoms with Gasteiger partial charge in [0.2, 0.25) is 5.65 Å². The van der Waals surface area contributed by atoms with Gasteiger partial charge in [-0.15, -0.1) is 0 Å². The van der Waals surface area contributed by atoms with E-state index in [0.717, 1.165) is 12.3 Å². The van der Waals surface area contributed by atoms with Crippen molar-refractivity contribution >= 4 is 11.7 Å². The van der Waals surface area contributed by atoms with Crippen molar-refractivity contribution in [2.24, 2.45) is 0 Å². The number of rotatable bonds is 10. The van der Waals surface area contributed by atoms with Crippen LogP contribution in [0.15, 0.2) is 24.7 Å². The maximum atomic E-state index is 14.4. The second-order valence-electron chi connectivity index (χ2n) is 8.66. The molecule has 2 atom stereocenters. The van der Waals surface area contributed by atoms with E-state index in [1.165, 1.54) is 27.3 Å². The van der Waals surface area contributed by atoms with E-state index in [9.17, 15) is 35.5 Å². The molecule has 0 spiro atoms. The molecule has 0 bridgehead atoms. The molecule has 3 rings (SSSR count). The van der Waals surface area contributed by atoms with Gasteiger partial charge in [-0.25, -0.2) is 14.8 Å². The van der Waals surface area contributed by atoms with Crippen LogP contribution in [0, 0.1) is 6.92 Å². The average Bonchev–Trinajstić information content (AvgIpc) is 3.27. The van der Waals surface area contributed by atoms with E-state index in [-0.39, 0.29) is 27.8 Å². The van der Waals surface area contributed by atoms with Gasteiger partial charge in [-0.3, -0.25) is 9.37 Å². The minimum Gasteiger partial charge on any atom is -0.494 e. The Kier molecular flexibility index (Phi) is 9.30. The molecule has 1 N–H and O–H groups in total. The molecular weight excluding hydrogens is 553 g/mol. The lowest BCUT2D eigenvalue weighted by Gasteiger charge is -2.34. The van der Waals surface area contributed by atoms with Gasteiger partial charge >= 0.3 is 18.4 Å². The maximum absolute atomic E-state index is 14.4. The van der Waals surface area contributed by atoms with Gasteiger partial charge < -0.3 is 24.1 Å². The normalized spacial score (nSPS) is 13.7. The standard InChI is InChI=1S/C24H27F7N6O3/c1-5-37(22(38)35-18(7-6-8-25)23(26,27)28)19(24(29,30)31)15-9-14(17(39-3)10-32-15)16-12-36-11-13(2)33-20(36)21(34-16)40-4/h9-12,18-19H,5-8H2,1-4H3,(H,35,38). The van der Waals surface area contributed by atoms with Crippen LogP contribution in [-0.4, -0.2) is 76.1 Å². The molecule has 9 nitrogen and oxygen atoms in total. The van der Waals surface area contributed by atoms with Crippen LogP contribution in [0.3, 0.4) is 0 Å². The van der Waals surface area contributed by atoms with Crippen molar-refractivity contribution in [3.8, 4) is 22.9 Å². The Bertz CT molecular complexity index is 1330. The smallest absolute Gasteiger partial charge is 0.414 e. The number of nitrogens with one attached hydrogen (secondary N) is 1. The van der Waals surface area contributed by atoms with Gasteiger partial charge in [0.15, 0.2) is 6.04 Å². The quantitative estimate of drug-likeness (QED) is 0.322. The molecule has 0 saturated heterocycles. The van der Waals surface area contributed by atoms with E-state index in [4.69, 9.17) is 9.47 Å². The number of ether oxygens (including phenoxy) is 2. The molecule has 0 aliphatic heterocycles.